The molecule has 0 aliphatic carbocycles. The highest BCUT2D eigenvalue weighted by atomic mass is 16.6. The van der Waals surface area contributed by atoms with Crippen LogP contribution in [0.2, 0.25) is 0 Å². The van der Waals surface area contributed by atoms with E-state index in [0.29, 0.717) is 19.5 Å². The highest BCUT2D eigenvalue weighted by molar-refractivity contribution is 6.47. The Morgan fingerprint density at radius 3 is 3.17 bits per heavy atom. The average molecular weight is 169 g/mol. The van der Waals surface area contributed by atoms with Crippen molar-refractivity contribution in [3.05, 3.63) is 12.3 Å². The van der Waals surface area contributed by atoms with Crippen LogP contribution >= 0.6 is 0 Å². The Hall–Kier alpha value is -0.965. The van der Waals surface area contributed by atoms with Crippen LogP contribution < -0.4 is 5.32 Å². The molecule has 66 valence electrons. The first-order valence-electron chi connectivity index (χ1n) is 3.89. The van der Waals surface area contributed by atoms with E-state index in [1.54, 1.807) is 0 Å². The molecule has 1 aliphatic heterocycles. The number of hydrogen-bond donors (Lipinski definition) is 1. The van der Waals surface area contributed by atoms with E-state index in [0.717, 1.165) is 5.70 Å². The third kappa shape index (κ3) is 2.96. The van der Waals surface area contributed by atoms with Crippen LogP contribution in [-0.2, 0) is 14.1 Å². The van der Waals surface area contributed by atoms with Gasteiger partial charge in [-0.1, -0.05) is 6.58 Å². The molecule has 0 unspecified atom stereocenters. The first-order valence-corrected chi connectivity index (χ1v) is 3.89. The number of allylic oxidation sites excluding steroid dienone is 1. The van der Waals surface area contributed by atoms with Crippen molar-refractivity contribution in [3.63, 3.8) is 0 Å². The maximum absolute atomic E-state index is 10.8. The fraction of sp³-hybridized carbons (Fsp3) is 0.571. The zero-order valence-corrected chi connectivity index (χ0v) is 7.13. The van der Waals surface area contributed by atoms with Gasteiger partial charge in [0, 0.05) is 6.61 Å². The van der Waals surface area contributed by atoms with Gasteiger partial charge in [-0.05, 0) is 12.6 Å². The Morgan fingerprint density at radius 2 is 2.58 bits per heavy atom. The summed E-state index contributed by atoms with van der Waals surface area (Å²) in [4.78, 5) is 10.8. The molecule has 0 aromatic carbocycles. The van der Waals surface area contributed by atoms with Crippen LogP contribution in [-0.4, -0.2) is 26.1 Å². The highest BCUT2D eigenvalue weighted by Gasteiger charge is 2.27. The van der Waals surface area contributed by atoms with E-state index in [1.807, 2.05) is 6.92 Å². The molecule has 1 N–H and O–H groups in total. The van der Waals surface area contributed by atoms with Crippen molar-refractivity contribution < 1.29 is 14.1 Å². The van der Waals surface area contributed by atoms with Crippen LogP contribution in [0.3, 0.4) is 0 Å². The largest absolute Gasteiger partial charge is 0.547 e. The van der Waals surface area contributed by atoms with Gasteiger partial charge in [-0.25, -0.2) is 0 Å². The minimum atomic E-state index is -0.456. The fourth-order valence-electron chi connectivity index (χ4n) is 0.871. The number of rotatable bonds is 3. The maximum atomic E-state index is 10.8. The second-order valence-corrected chi connectivity index (χ2v) is 2.70. The summed E-state index contributed by atoms with van der Waals surface area (Å²) in [5.74, 6) is -0.199. The van der Waals surface area contributed by atoms with Crippen LogP contribution in [0.15, 0.2) is 12.3 Å². The lowest BCUT2D eigenvalue weighted by molar-refractivity contribution is -0.139. The van der Waals surface area contributed by atoms with Crippen molar-refractivity contribution in [2.24, 2.45) is 0 Å². The molecule has 5 heteroatoms. The zero-order chi connectivity index (χ0) is 8.97. The molecule has 0 bridgehead atoms. The van der Waals surface area contributed by atoms with Crippen molar-refractivity contribution in [2.75, 3.05) is 13.1 Å². The number of carbonyl (C=O) groups excluding carboxylic acids is 1. The molecular weight excluding hydrogens is 157 g/mol. The maximum Gasteiger partial charge on any atom is 0.547 e. The summed E-state index contributed by atoms with van der Waals surface area (Å²) in [6.07, 6.45) is 0.824. The van der Waals surface area contributed by atoms with Crippen LogP contribution in [0.1, 0.15) is 13.3 Å². The van der Waals surface area contributed by atoms with Crippen molar-refractivity contribution in [2.45, 2.75) is 13.3 Å². The molecule has 0 amide bonds. The van der Waals surface area contributed by atoms with Gasteiger partial charge < -0.3 is 14.6 Å². The second kappa shape index (κ2) is 4.16. The molecular formula is C7H12BNO3. The summed E-state index contributed by atoms with van der Waals surface area (Å²) in [7, 11) is -0.456. The van der Waals surface area contributed by atoms with Gasteiger partial charge in [-0.2, -0.15) is 0 Å². The number of hydrogen-bond acceptors (Lipinski definition) is 4. The molecule has 12 heavy (non-hydrogen) atoms. The minimum absolute atomic E-state index is 0.199. The highest BCUT2D eigenvalue weighted by Crippen LogP contribution is 2.01. The summed E-state index contributed by atoms with van der Waals surface area (Å²) >= 11 is 0. The molecule has 0 spiro atoms. The Labute approximate surface area is 72.1 Å². The monoisotopic (exact) mass is 169 g/mol. The van der Waals surface area contributed by atoms with E-state index in [4.69, 9.17) is 9.31 Å². The molecule has 0 atom stereocenters. The van der Waals surface area contributed by atoms with E-state index in [-0.39, 0.29) is 5.97 Å². The number of nitrogens with one attached hydrogen (secondary N) is 1. The molecule has 0 aromatic rings. The Morgan fingerprint density at radius 1 is 1.83 bits per heavy atom. The lowest BCUT2D eigenvalue weighted by Crippen LogP contribution is -2.41. The summed E-state index contributed by atoms with van der Waals surface area (Å²) in [6, 6.07) is 0. The molecule has 1 aliphatic rings. The predicted molar refractivity (Wildman–Crippen MR) is 45.2 cm³/mol. The van der Waals surface area contributed by atoms with Gasteiger partial charge in [-0.3, -0.25) is 4.79 Å². The van der Waals surface area contributed by atoms with Gasteiger partial charge in [0.1, 0.15) is 0 Å². The van der Waals surface area contributed by atoms with E-state index in [2.05, 4.69) is 11.9 Å². The SMILES string of the molecule is C=C(C)NCB1OCCC(=O)O1. The van der Waals surface area contributed by atoms with E-state index >= 15 is 0 Å². The Bertz CT molecular complexity index is 195. The van der Waals surface area contributed by atoms with Crippen molar-refractivity contribution in [1.29, 1.82) is 0 Å². The summed E-state index contributed by atoms with van der Waals surface area (Å²) in [5.41, 5.74) is 0.834. The van der Waals surface area contributed by atoms with Crippen LogP contribution in [0, 0.1) is 0 Å². The van der Waals surface area contributed by atoms with Gasteiger partial charge in [0.2, 0.25) is 0 Å². The smallest absolute Gasteiger partial charge is 0.508 e. The minimum Gasteiger partial charge on any atom is -0.508 e. The Balaban J connectivity index is 2.23. The number of carbonyl (C=O) groups is 1. The Kier molecular flexibility index (Phi) is 3.16. The summed E-state index contributed by atoms with van der Waals surface area (Å²) in [6.45, 7) is 5.94. The molecule has 1 fully saturated rings. The van der Waals surface area contributed by atoms with Gasteiger partial charge in [0.25, 0.3) is 5.97 Å². The molecule has 1 rings (SSSR count). The van der Waals surface area contributed by atoms with Gasteiger partial charge in [0.15, 0.2) is 0 Å². The zero-order valence-electron chi connectivity index (χ0n) is 7.13. The first-order chi connectivity index (χ1) is 5.68. The first kappa shape index (κ1) is 9.13. The summed E-state index contributed by atoms with van der Waals surface area (Å²) in [5, 5.41) is 2.94. The molecule has 1 heterocycles. The third-order valence-corrected chi connectivity index (χ3v) is 1.44. The van der Waals surface area contributed by atoms with Crippen molar-refractivity contribution >= 4 is 13.1 Å². The van der Waals surface area contributed by atoms with Crippen LogP contribution in [0.4, 0.5) is 0 Å². The molecule has 4 nitrogen and oxygen atoms in total. The average Bonchev–Trinajstić information content (AvgIpc) is 2.01. The van der Waals surface area contributed by atoms with Crippen LogP contribution in [0.25, 0.3) is 0 Å². The van der Waals surface area contributed by atoms with E-state index in [9.17, 15) is 4.79 Å². The standard InChI is InChI=1S/C7H12BNO3/c1-6(2)9-5-8-11-4-3-7(10)12-8/h9H,1,3-5H2,2H3. The fourth-order valence-corrected chi connectivity index (χ4v) is 0.871. The molecule has 0 radical (unpaired) electrons. The molecule has 0 saturated carbocycles. The summed E-state index contributed by atoms with van der Waals surface area (Å²) < 4.78 is 10.0. The molecule has 0 aromatic heterocycles. The normalized spacial score (nSPS) is 17.1. The van der Waals surface area contributed by atoms with Gasteiger partial charge in [-0.15, -0.1) is 0 Å². The van der Waals surface area contributed by atoms with Crippen LogP contribution in [0.5, 0.6) is 0 Å². The lowest BCUT2D eigenvalue weighted by atomic mass is 9.89. The van der Waals surface area contributed by atoms with Gasteiger partial charge >= 0.3 is 7.12 Å². The van der Waals surface area contributed by atoms with E-state index < -0.39 is 7.12 Å². The topological polar surface area (TPSA) is 47.6 Å². The predicted octanol–water partition coefficient (Wildman–Crippen LogP) is 0.101. The third-order valence-electron chi connectivity index (χ3n) is 1.44. The van der Waals surface area contributed by atoms with Crippen molar-refractivity contribution in [3.8, 4) is 0 Å². The van der Waals surface area contributed by atoms with Gasteiger partial charge in [0.05, 0.1) is 12.9 Å². The second-order valence-electron chi connectivity index (χ2n) is 2.70. The van der Waals surface area contributed by atoms with E-state index in [1.165, 1.54) is 0 Å². The molecule has 1 saturated heterocycles. The van der Waals surface area contributed by atoms with Crippen molar-refractivity contribution in [1.82, 2.24) is 5.32 Å². The quantitative estimate of drug-likeness (QED) is 0.608. The lowest BCUT2D eigenvalue weighted by Gasteiger charge is -2.19.